The van der Waals surface area contributed by atoms with Crippen molar-refractivity contribution < 1.29 is 33.3 Å². The molecule has 0 radical (unpaired) electrons. The van der Waals surface area contributed by atoms with Crippen LogP contribution in [-0.2, 0) is 27.4 Å². The second-order valence-electron chi connectivity index (χ2n) is 12.8. The average molecular weight is 695 g/mol. The van der Waals surface area contributed by atoms with Crippen LogP contribution in [0.4, 0.5) is 9.59 Å². The first-order valence-corrected chi connectivity index (χ1v) is 18.7. The van der Waals surface area contributed by atoms with Gasteiger partial charge < -0.3 is 23.7 Å². The summed E-state index contributed by atoms with van der Waals surface area (Å²) in [6.45, 7) is 6.02. The average Bonchev–Trinajstić information content (AvgIpc) is 3.15. The van der Waals surface area contributed by atoms with E-state index in [2.05, 4.69) is 13.8 Å². The highest BCUT2D eigenvalue weighted by molar-refractivity contribution is 5.76. The van der Waals surface area contributed by atoms with Crippen molar-refractivity contribution in [2.45, 2.75) is 104 Å². The van der Waals surface area contributed by atoms with Crippen LogP contribution in [-0.4, -0.2) is 25.5 Å². The minimum absolute atomic E-state index is 0.367. The minimum atomic E-state index is -0.676. The van der Waals surface area contributed by atoms with Gasteiger partial charge in [0.2, 0.25) is 0 Å². The number of carbonyl (C=O) groups is 2. The first-order valence-electron chi connectivity index (χ1n) is 18.7. The van der Waals surface area contributed by atoms with E-state index in [1.807, 2.05) is 84.9 Å². The van der Waals surface area contributed by atoms with E-state index in [1.165, 1.54) is 38.5 Å². The van der Waals surface area contributed by atoms with Crippen LogP contribution in [0.1, 0.15) is 102 Å². The van der Waals surface area contributed by atoms with Gasteiger partial charge >= 0.3 is 12.3 Å². The van der Waals surface area contributed by atoms with E-state index < -0.39 is 12.3 Å². The normalized spacial score (nSPS) is 10.9. The van der Waals surface area contributed by atoms with Gasteiger partial charge in [0.15, 0.2) is 0 Å². The van der Waals surface area contributed by atoms with Gasteiger partial charge in [-0.3, -0.25) is 0 Å². The minimum Gasteiger partial charge on any atom is -0.434 e. The topological polar surface area (TPSA) is 80.3 Å². The molecule has 272 valence electrons. The van der Waals surface area contributed by atoms with Gasteiger partial charge in [0.05, 0.1) is 26.4 Å². The highest BCUT2D eigenvalue weighted by Crippen LogP contribution is 2.32. The highest BCUT2D eigenvalue weighted by Gasteiger charge is 2.13. The fourth-order valence-corrected chi connectivity index (χ4v) is 5.75. The Hall–Kier alpha value is -4.62. The Bertz CT molecular complexity index is 1460. The van der Waals surface area contributed by atoms with E-state index in [9.17, 15) is 9.59 Å². The van der Waals surface area contributed by atoms with Gasteiger partial charge in [-0.25, -0.2) is 9.59 Å². The molecule has 7 nitrogen and oxygen atoms in total. The highest BCUT2D eigenvalue weighted by atomic mass is 16.7. The number of hydrogen-bond acceptors (Lipinski definition) is 7. The lowest BCUT2D eigenvalue weighted by Gasteiger charge is -2.12. The number of ether oxygens (including phenoxy) is 5. The van der Waals surface area contributed by atoms with E-state index in [0.29, 0.717) is 37.9 Å². The summed E-state index contributed by atoms with van der Waals surface area (Å²) >= 11 is 0. The molecule has 0 heterocycles. The van der Waals surface area contributed by atoms with Gasteiger partial charge in [-0.1, -0.05) is 163 Å². The molecule has 0 aliphatic heterocycles. The third kappa shape index (κ3) is 14.3. The van der Waals surface area contributed by atoms with Gasteiger partial charge in [-0.15, -0.1) is 0 Å². The van der Waals surface area contributed by atoms with Crippen molar-refractivity contribution in [3.05, 3.63) is 108 Å². The van der Waals surface area contributed by atoms with Crippen LogP contribution in [0.15, 0.2) is 97.1 Å². The molecule has 0 unspecified atom stereocenters. The van der Waals surface area contributed by atoms with Crippen molar-refractivity contribution in [2.75, 3.05) is 13.2 Å². The van der Waals surface area contributed by atoms with Crippen molar-refractivity contribution in [1.29, 1.82) is 0 Å². The molecule has 51 heavy (non-hydrogen) atoms. The van der Waals surface area contributed by atoms with Crippen molar-refractivity contribution in [3.63, 3.8) is 0 Å². The molecule has 0 atom stereocenters. The van der Waals surface area contributed by atoms with E-state index in [4.69, 9.17) is 23.7 Å². The van der Waals surface area contributed by atoms with Gasteiger partial charge in [0, 0.05) is 11.1 Å². The molecule has 0 aliphatic carbocycles. The zero-order valence-electron chi connectivity index (χ0n) is 30.4. The lowest BCUT2D eigenvalue weighted by Crippen LogP contribution is -2.12. The van der Waals surface area contributed by atoms with Gasteiger partial charge in [0.1, 0.15) is 11.5 Å². The van der Waals surface area contributed by atoms with Crippen LogP contribution in [0.25, 0.3) is 22.3 Å². The zero-order chi connectivity index (χ0) is 35.9. The van der Waals surface area contributed by atoms with Crippen LogP contribution in [0.3, 0.4) is 0 Å². The molecule has 0 bridgehead atoms. The standard InChI is InChI=1S/C44H54O7/c1-3-5-7-9-11-17-31-48-43(45)50-41-21-15-13-19-39(41)37-27-23-35(24-28-37)33-47-34-36-25-29-38(30-26-36)40-20-14-16-22-42(40)51-44(46)49-32-18-12-10-8-6-4-2/h13-16,19-30H,3-12,17-18,31-34H2,1-2H3. The summed E-state index contributed by atoms with van der Waals surface area (Å²) in [6, 6.07) is 31.0. The molecule has 4 aromatic carbocycles. The van der Waals surface area contributed by atoms with Crippen molar-refractivity contribution in [1.82, 2.24) is 0 Å². The molecule has 0 spiro atoms. The first-order chi connectivity index (χ1) is 25.1. The largest absolute Gasteiger partial charge is 0.513 e. The maximum Gasteiger partial charge on any atom is 0.513 e. The number of benzene rings is 4. The maximum atomic E-state index is 12.4. The molecular formula is C44H54O7. The number of carbonyl (C=O) groups excluding carboxylic acids is 2. The Labute approximate surface area is 304 Å². The van der Waals surface area contributed by atoms with Crippen LogP contribution < -0.4 is 9.47 Å². The van der Waals surface area contributed by atoms with Crippen LogP contribution in [0.2, 0.25) is 0 Å². The van der Waals surface area contributed by atoms with Crippen LogP contribution in [0.5, 0.6) is 11.5 Å². The molecule has 7 heteroatoms. The molecule has 4 aromatic rings. The number of unbranched alkanes of at least 4 members (excludes halogenated alkanes) is 10. The summed E-state index contributed by atoms with van der Waals surface area (Å²) in [5, 5.41) is 0. The Kier molecular flexibility index (Phi) is 17.6. The van der Waals surface area contributed by atoms with Crippen molar-refractivity contribution in [2.24, 2.45) is 0 Å². The SMILES string of the molecule is CCCCCCCCOC(=O)Oc1ccccc1-c1ccc(COCc2ccc(-c3ccccc3OC(=O)OCCCCCCCC)cc2)cc1. The smallest absolute Gasteiger partial charge is 0.434 e. The monoisotopic (exact) mass is 694 g/mol. The van der Waals surface area contributed by atoms with E-state index in [0.717, 1.165) is 71.9 Å². The Balaban J connectivity index is 1.22. The maximum absolute atomic E-state index is 12.4. The van der Waals surface area contributed by atoms with Gasteiger partial charge in [0.25, 0.3) is 0 Å². The van der Waals surface area contributed by atoms with Gasteiger partial charge in [-0.2, -0.15) is 0 Å². The lowest BCUT2D eigenvalue weighted by molar-refractivity contribution is 0.0964. The van der Waals surface area contributed by atoms with Crippen molar-refractivity contribution in [3.8, 4) is 33.8 Å². The van der Waals surface area contributed by atoms with Gasteiger partial charge in [-0.05, 0) is 47.2 Å². The number of hydrogen-bond donors (Lipinski definition) is 0. The predicted octanol–water partition coefficient (Wildman–Crippen LogP) is 12.5. The fraction of sp³-hybridized carbons (Fsp3) is 0.409. The quantitative estimate of drug-likeness (QED) is 0.0460. The van der Waals surface area contributed by atoms with E-state index in [1.54, 1.807) is 12.1 Å². The number of rotatable bonds is 22. The molecule has 0 fully saturated rings. The second-order valence-corrected chi connectivity index (χ2v) is 12.8. The Morgan fingerprint density at radius 3 is 1.24 bits per heavy atom. The van der Waals surface area contributed by atoms with E-state index in [-0.39, 0.29) is 0 Å². The summed E-state index contributed by atoms with van der Waals surface area (Å²) in [7, 11) is 0. The lowest BCUT2D eigenvalue weighted by atomic mass is 10.0. The molecule has 0 aliphatic rings. The summed E-state index contributed by atoms with van der Waals surface area (Å²) in [5.41, 5.74) is 5.56. The summed E-state index contributed by atoms with van der Waals surface area (Å²) in [5.74, 6) is 0.936. The van der Waals surface area contributed by atoms with Crippen LogP contribution >= 0.6 is 0 Å². The number of para-hydroxylation sites is 2. The first kappa shape index (κ1) is 39.2. The second kappa shape index (κ2) is 23.0. The fourth-order valence-electron chi connectivity index (χ4n) is 5.75. The zero-order valence-corrected chi connectivity index (χ0v) is 30.4. The summed E-state index contributed by atoms with van der Waals surface area (Å²) in [6.07, 6.45) is 12.1. The predicted molar refractivity (Wildman–Crippen MR) is 203 cm³/mol. The Morgan fingerprint density at radius 2 is 0.824 bits per heavy atom. The summed E-state index contributed by atoms with van der Waals surface area (Å²) < 4.78 is 27.8. The third-order valence-corrected chi connectivity index (χ3v) is 8.66. The molecule has 0 N–H and O–H groups in total. The molecule has 4 rings (SSSR count). The molecular weight excluding hydrogens is 640 g/mol. The molecule has 0 aromatic heterocycles. The molecule has 0 saturated carbocycles. The van der Waals surface area contributed by atoms with Crippen molar-refractivity contribution >= 4 is 12.3 Å². The molecule has 0 amide bonds. The van der Waals surface area contributed by atoms with E-state index >= 15 is 0 Å². The Morgan fingerprint density at radius 1 is 0.451 bits per heavy atom. The van der Waals surface area contributed by atoms with Crippen LogP contribution in [0, 0.1) is 0 Å². The third-order valence-electron chi connectivity index (χ3n) is 8.66. The summed E-state index contributed by atoms with van der Waals surface area (Å²) in [4.78, 5) is 24.7. The molecule has 0 saturated heterocycles.